The molecule has 1 N–H and O–H groups in total. The molecule has 3 atom stereocenters. The average Bonchev–Trinajstić information content (AvgIpc) is 3.11. The molecule has 0 aromatic carbocycles. The van der Waals surface area contributed by atoms with Gasteiger partial charge in [0.15, 0.2) is 0 Å². The summed E-state index contributed by atoms with van der Waals surface area (Å²) in [4.78, 5) is 5.49. The van der Waals surface area contributed by atoms with E-state index < -0.39 is 0 Å². The highest BCUT2D eigenvalue weighted by Gasteiger charge is 2.32. The normalized spacial score (nSPS) is 35.8. The Labute approximate surface area is 118 Å². The fraction of sp³-hybridized carbons (Fsp3) is 1.00. The lowest BCUT2D eigenvalue weighted by atomic mass is 9.98. The molecule has 19 heavy (non-hydrogen) atoms. The van der Waals surface area contributed by atoms with Crippen LogP contribution in [0.1, 0.15) is 51.9 Å². The number of hydrogen-bond donors (Lipinski definition) is 1. The van der Waals surface area contributed by atoms with E-state index >= 15 is 0 Å². The largest absolute Gasteiger partial charge is 0.314 e. The molecule has 0 bridgehead atoms. The first-order valence-corrected chi connectivity index (χ1v) is 8.54. The Kier molecular flexibility index (Phi) is 4.78. The van der Waals surface area contributed by atoms with Crippen molar-refractivity contribution in [3.63, 3.8) is 0 Å². The van der Waals surface area contributed by atoms with Crippen molar-refractivity contribution in [1.29, 1.82) is 0 Å². The molecular formula is C16H31N3. The highest BCUT2D eigenvalue weighted by molar-refractivity contribution is 4.89. The van der Waals surface area contributed by atoms with Crippen molar-refractivity contribution in [3.8, 4) is 0 Å². The first kappa shape index (κ1) is 13.8. The monoisotopic (exact) mass is 265 g/mol. The van der Waals surface area contributed by atoms with Gasteiger partial charge in [-0.1, -0.05) is 6.42 Å². The number of nitrogens with zero attached hydrogens (tertiary/aromatic N) is 2. The minimum Gasteiger partial charge on any atom is -0.314 e. The Bertz CT molecular complexity index is 269. The summed E-state index contributed by atoms with van der Waals surface area (Å²) in [7, 11) is 0. The predicted octanol–water partition coefficient (Wildman–Crippen LogP) is 2.08. The zero-order valence-corrected chi connectivity index (χ0v) is 12.6. The third-order valence-electron chi connectivity index (χ3n) is 5.51. The first-order chi connectivity index (χ1) is 9.33. The molecule has 0 amide bonds. The van der Waals surface area contributed by atoms with E-state index in [-0.39, 0.29) is 0 Å². The third-order valence-corrected chi connectivity index (χ3v) is 5.51. The van der Waals surface area contributed by atoms with E-state index in [0.29, 0.717) is 0 Å². The molecule has 3 saturated heterocycles. The van der Waals surface area contributed by atoms with E-state index in [1.165, 1.54) is 77.7 Å². The molecule has 110 valence electrons. The maximum atomic E-state index is 3.70. The van der Waals surface area contributed by atoms with E-state index in [4.69, 9.17) is 0 Å². The highest BCUT2D eigenvalue weighted by atomic mass is 15.3. The Morgan fingerprint density at radius 3 is 2.63 bits per heavy atom. The summed E-state index contributed by atoms with van der Waals surface area (Å²) in [5, 5.41) is 3.70. The second-order valence-corrected chi connectivity index (χ2v) is 6.91. The van der Waals surface area contributed by atoms with Crippen LogP contribution in [0.5, 0.6) is 0 Å². The molecule has 0 aliphatic carbocycles. The summed E-state index contributed by atoms with van der Waals surface area (Å²) in [5.74, 6) is 0. The van der Waals surface area contributed by atoms with Gasteiger partial charge in [0.05, 0.1) is 0 Å². The van der Waals surface area contributed by atoms with Crippen molar-refractivity contribution in [2.75, 3.05) is 32.7 Å². The molecule has 3 aliphatic rings. The quantitative estimate of drug-likeness (QED) is 0.839. The predicted molar refractivity (Wildman–Crippen MR) is 80.5 cm³/mol. The van der Waals surface area contributed by atoms with Gasteiger partial charge in [-0.25, -0.2) is 0 Å². The van der Waals surface area contributed by atoms with Gasteiger partial charge in [0.1, 0.15) is 0 Å². The van der Waals surface area contributed by atoms with E-state index in [2.05, 4.69) is 22.0 Å². The fourth-order valence-electron chi connectivity index (χ4n) is 4.26. The molecule has 3 heterocycles. The van der Waals surface area contributed by atoms with Crippen molar-refractivity contribution in [3.05, 3.63) is 0 Å². The average molecular weight is 265 g/mol. The molecule has 3 heteroatoms. The molecular weight excluding hydrogens is 234 g/mol. The van der Waals surface area contributed by atoms with Crippen molar-refractivity contribution in [2.24, 2.45) is 0 Å². The van der Waals surface area contributed by atoms with Gasteiger partial charge in [0, 0.05) is 31.2 Å². The molecule has 0 aromatic rings. The van der Waals surface area contributed by atoms with Gasteiger partial charge in [-0.15, -0.1) is 0 Å². The molecule has 3 aliphatic heterocycles. The molecule has 3 rings (SSSR count). The van der Waals surface area contributed by atoms with E-state index in [1.54, 1.807) is 0 Å². The number of nitrogens with one attached hydrogen (secondary N) is 1. The van der Waals surface area contributed by atoms with Crippen molar-refractivity contribution in [1.82, 2.24) is 15.1 Å². The van der Waals surface area contributed by atoms with Crippen LogP contribution in [0.3, 0.4) is 0 Å². The Hall–Kier alpha value is -0.120. The van der Waals surface area contributed by atoms with Gasteiger partial charge in [-0.05, 0) is 65.1 Å². The SMILES string of the molecule is CC(CC1CCCCN1)N1CCC(N2CCCC2)C1. The summed E-state index contributed by atoms with van der Waals surface area (Å²) in [6, 6.07) is 2.42. The van der Waals surface area contributed by atoms with Gasteiger partial charge < -0.3 is 5.32 Å². The zero-order valence-electron chi connectivity index (χ0n) is 12.6. The summed E-state index contributed by atoms with van der Waals surface area (Å²) in [5.41, 5.74) is 0. The maximum absolute atomic E-state index is 3.70. The summed E-state index contributed by atoms with van der Waals surface area (Å²) >= 11 is 0. The van der Waals surface area contributed by atoms with Gasteiger partial charge >= 0.3 is 0 Å². The van der Waals surface area contributed by atoms with E-state index in [0.717, 1.165) is 18.1 Å². The molecule has 3 unspecified atom stereocenters. The molecule has 0 spiro atoms. The standard InChI is InChI=1S/C16H31N3/c1-14(12-15-6-2-3-8-17-15)19-11-7-16(13-19)18-9-4-5-10-18/h14-17H,2-13H2,1H3. The van der Waals surface area contributed by atoms with Crippen LogP contribution in [0.4, 0.5) is 0 Å². The number of rotatable bonds is 4. The second kappa shape index (κ2) is 6.55. The van der Waals surface area contributed by atoms with Crippen LogP contribution in [0.2, 0.25) is 0 Å². The van der Waals surface area contributed by atoms with Crippen molar-refractivity contribution in [2.45, 2.75) is 70.0 Å². The fourth-order valence-corrected chi connectivity index (χ4v) is 4.26. The van der Waals surface area contributed by atoms with Crippen LogP contribution in [0.15, 0.2) is 0 Å². The van der Waals surface area contributed by atoms with Gasteiger partial charge in [-0.2, -0.15) is 0 Å². The van der Waals surface area contributed by atoms with Crippen LogP contribution in [-0.4, -0.2) is 60.6 Å². The number of hydrogen-bond acceptors (Lipinski definition) is 3. The van der Waals surface area contributed by atoms with Gasteiger partial charge in [0.25, 0.3) is 0 Å². The lowest BCUT2D eigenvalue weighted by Gasteiger charge is -2.31. The minimum absolute atomic E-state index is 0.767. The molecule has 0 radical (unpaired) electrons. The van der Waals surface area contributed by atoms with Crippen LogP contribution < -0.4 is 5.32 Å². The minimum atomic E-state index is 0.767. The first-order valence-electron chi connectivity index (χ1n) is 8.54. The van der Waals surface area contributed by atoms with Crippen LogP contribution >= 0.6 is 0 Å². The maximum Gasteiger partial charge on any atom is 0.0235 e. The van der Waals surface area contributed by atoms with Crippen LogP contribution in [-0.2, 0) is 0 Å². The van der Waals surface area contributed by atoms with Gasteiger partial charge in [0.2, 0.25) is 0 Å². The lowest BCUT2D eigenvalue weighted by molar-refractivity contribution is 0.187. The summed E-state index contributed by atoms with van der Waals surface area (Å²) in [6.07, 6.45) is 9.82. The van der Waals surface area contributed by atoms with Crippen LogP contribution in [0.25, 0.3) is 0 Å². The smallest absolute Gasteiger partial charge is 0.0235 e. The molecule has 3 fully saturated rings. The number of piperidine rings is 1. The highest BCUT2D eigenvalue weighted by Crippen LogP contribution is 2.24. The molecule has 0 saturated carbocycles. The summed E-state index contributed by atoms with van der Waals surface area (Å²) in [6.45, 7) is 9.06. The Morgan fingerprint density at radius 1 is 1.05 bits per heavy atom. The topological polar surface area (TPSA) is 18.5 Å². The summed E-state index contributed by atoms with van der Waals surface area (Å²) < 4.78 is 0. The zero-order chi connectivity index (χ0) is 13.1. The lowest BCUT2D eigenvalue weighted by Crippen LogP contribution is -2.42. The van der Waals surface area contributed by atoms with E-state index in [1.807, 2.05) is 0 Å². The third kappa shape index (κ3) is 3.50. The van der Waals surface area contributed by atoms with Crippen LogP contribution in [0, 0.1) is 0 Å². The number of likely N-dealkylation sites (tertiary alicyclic amines) is 2. The second-order valence-electron chi connectivity index (χ2n) is 6.91. The van der Waals surface area contributed by atoms with E-state index in [9.17, 15) is 0 Å². The Balaban J connectivity index is 1.44. The van der Waals surface area contributed by atoms with Gasteiger partial charge in [-0.3, -0.25) is 9.80 Å². The van der Waals surface area contributed by atoms with Crippen molar-refractivity contribution >= 4 is 0 Å². The van der Waals surface area contributed by atoms with Crippen molar-refractivity contribution < 1.29 is 0 Å². The Morgan fingerprint density at radius 2 is 1.89 bits per heavy atom. The molecule has 0 aromatic heterocycles. The molecule has 3 nitrogen and oxygen atoms in total.